The molecule has 0 spiro atoms. The third kappa shape index (κ3) is 4.77. The van der Waals surface area contributed by atoms with Crippen LogP contribution in [0.5, 0.6) is 0 Å². The highest BCUT2D eigenvalue weighted by atomic mass is 16.4. The van der Waals surface area contributed by atoms with Crippen LogP contribution in [0.3, 0.4) is 0 Å². The summed E-state index contributed by atoms with van der Waals surface area (Å²) in [5, 5.41) is 25.8. The molecule has 132 valence electrons. The van der Waals surface area contributed by atoms with E-state index >= 15 is 0 Å². The van der Waals surface area contributed by atoms with E-state index in [-0.39, 0.29) is 18.4 Å². The Kier molecular flexibility index (Phi) is 6.27. The number of rotatable bonds is 8. The van der Waals surface area contributed by atoms with Gasteiger partial charge in [0.2, 0.25) is 11.8 Å². The van der Waals surface area contributed by atoms with E-state index in [1.807, 2.05) is 0 Å². The first-order valence-electron chi connectivity index (χ1n) is 7.66. The molecule has 2 heterocycles. The van der Waals surface area contributed by atoms with Crippen LogP contribution >= 0.6 is 0 Å². The summed E-state index contributed by atoms with van der Waals surface area (Å²) in [7, 11) is 0. The summed E-state index contributed by atoms with van der Waals surface area (Å²) in [6.45, 7) is -0.00290. The highest BCUT2D eigenvalue weighted by Crippen LogP contribution is 2.06. The molecule has 1 aliphatic rings. The lowest BCUT2D eigenvalue weighted by molar-refractivity contribution is -0.143. The van der Waals surface area contributed by atoms with Crippen molar-refractivity contribution >= 4 is 17.8 Å². The summed E-state index contributed by atoms with van der Waals surface area (Å²) >= 11 is 0. The second kappa shape index (κ2) is 8.41. The lowest BCUT2D eigenvalue weighted by atomic mass is 10.1. The van der Waals surface area contributed by atoms with E-state index in [9.17, 15) is 14.4 Å². The molecule has 0 bridgehead atoms. The van der Waals surface area contributed by atoms with Gasteiger partial charge >= 0.3 is 5.97 Å². The molecule has 10 nitrogen and oxygen atoms in total. The number of hydrogen-bond acceptors (Lipinski definition) is 6. The number of carbonyl (C=O) groups is 3. The van der Waals surface area contributed by atoms with Gasteiger partial charge in [0.05, 0.1) is 19.0 Å². The predicted molar refractivity (Wildman–Crippen MR) is 81.9 cm³/mol. The molecule has 0 aliphatic carbocycles. The van der Waals surface area contributed by atoms with Crippen LogP contribution in [-0.2, 0) is 20.8 Å². The van der Waals surface area contributed by atoms with Gasteiger partial charge in [0, 0.05) is 18.3 Å². The Hall–Kier alpha value is -2.46. The number of nitrogens with one attached hydrogen (secondary N) is 4. The summed E-state index contributed by atoms with van der Waals surface area (Å²) in [6.07, 6.45) is 4.64. The number of carbonyl (C=O) groups excluding carboxylic acids is 2. The summed E-state index contributed by atoms with van der Waals surface area (Å²) in [4.78, 5) is 42.2. The first-order valence-corrected chi connectivity index (χ1v) is 7.66. The number of hydrogen-bond donors (Lipinski definition) is 6. The minimum absolute atomic E-state index is 0.127. The van der Waals surface area contributed by atoms with Crippen molar-refractivity contribution in [2.45, 2.75) is 37.4 Å². The minimum Gasteiger partial charge on any atom is -0.480 e. The van der Waals surface area contributed by atoms with Gasteiger partial charge < -0.3 is 31.1 Å². The molecule has 3 atom stereocenters. The monoisotopic (exact) mass is 339 g/mol. The van der Waals surface area contributed by atoms with Gasteiger partial charge in [-0.3, -0.25) is 9.59 Å². The van der Waals surface area contributed by atoms with E-state index in [1.165, 1.54) is 12.5 Å². The molecule has 2 rings (SSSR count). The average Bonchev–Trinajstić information content (AvgIpc) is 3.24. The Morgan fingerprint density at radius 2 is 2.12 bits per heavy atom. The van der Waals surface area contributed by atoms with E-state index in [0.717, 1.165) is 13.0 Å². The highest BCUT2D eigenvalue weighted by molar-refractivity contribution is 5.92. The van der Waals surface area contributed by atoms with Gasteiger partial charge in [-0.05, 0) is 19.4 Å². The summed E-state index contributed by atoms with van der Waals surface area (Å²) in [6, 6.07) is -2.77. The molecule has 0 saturated carbocycles. The van der Waals surface area contributed by atoms with E-state index in [4.69, 9.17) is 10.2 Å². The fourth-order valence-electron chi connectivity index (χ4n) is 2.46. The Bertz CT molecular complexity index is 570. The second-order valence-corrected chi connectivity index (χ2v) is 5.57. The second-order valence-electron chi connectivity index (χ2n) is 5.57. The maximum absolute atomic E-state index is 12.3. The highest BCUT2D eigenvalue weighted by Gasteiger charge is 2.30. The number of carboxylic acid groups (broad SMARTS) is 1. The number of aliphatic carboxylic acids is 1. The number of aromatic nitrogens is 2. The first kappa shape index (κ1) is 17.9. The zero-order valence-corrected chi connectivity index (χ0v) is 13.0. The molecular formula is C14H21N5O5. The van der Waals surface area contributed by atoms with Crippen molar-refractivity contribution in [2.24, 2.45) is 0 Å². The van der Waals surface area contributed by atoms with Gasteiger partial charge in [0.1, 0.15) is 12.1 Å². The summed E-state index contributed by atoms with van der Waals surface area (Å²) in [5.41, 5.74) is 0.616. The molecule has 1 saturated heterocycles. The zero-order chi connectivity index (χ0) is 17.5. The Morgan fingerprint density at radius 1 is 1.33 bits per heavy atom. The molecule has 0 unspecified atom stereocenters. The number of amides is 2. The first-order chi connectivity index (χ1) is 11.5. The third-order valence-corrected chi connectivity index (χ3v) is 3.79. The molecule has 1 aromatic rings. The standard InChI is InChI=1S/C14H21N5O5/c20-6-11(14(23)24)19-13(22)10(4-8-5-15-7-17-8)18-12(21)9-2-1-3-16-9/h5,7,9-11,16,20H,1-4,6H2,(H,15,17)(H,18,21)(H,19,22)(H,23,24)/t9-,10-,11-/m0/s1. The van der Waals surface area contributed by atoms with Crippen molar-refractivity contribution in [2.75, 3.05) is 13.2 Å². The van der Waals surface area contributed by atoms with Crippen LogP contribution in [0.25, 0.3) is 0 Å². The quantitative estimate of drug-likeness (QED) is 0.312. The van der Waals surface area contributed by atoms with Gasteiger partial charge in [0.25, 0.3) is 0 Å². The molecule has 1 aromatic heterocycles. The van der Waals surface area contributed by atoms with Crippen molar-refractivity contribution < 1.29 is 24.6 Å². The van der Waals surface area contributed by atoms with Crippen molar-refractivity contribution in [1.82, 2.24) is 25.9 Å². The number of H-pyrrole nitrogens is 1. The molecule has 1 fully saturated rings. The number of aromatic amines is 1. The normalized spacial score (nSPS) is 19.5. The number of imidazole rings is 1. The van der Waals surface area contributed by atoms with E-state index in [1.54, 1.807) is 0 Å². The van der Waals surface area contributed by atoms with Crippen molar-refractivity contribution in [3.05, 3.63) is 18.2 Å². The molecular weight excluding hydrogens is 318 g/mol. The summed E-state index contributed by atoms with van der Waals surface area (Å²) < 4.78 is 0. The third-order valence-electron chi connectivity index (χ3n) is 3.79. The lowest BCUT2D eigenvalue weighted by Crippen LogP contribution is -2.55. The van der Waals surface area contributed by atoms with E-state index < -0.39 is 30.6 Å². The van der Waals surface area contributed by atoms with Crippen molar-refractivity contribution in [3.63, 3.8) is 0 Å². The Morgan fingerprint density at radius 3 is 2.67 bits per heavy atom. The predicted octanol–water partition coefficient (Wildman–Crippen LogP) is -2.25. The number of nitrogens with zero attached hydrogens (tertiary/aromatic N) is 1. The molecule has 10 heteroatoms. The van der Waals surface area contributed by atoms with Crippen LogP contribution in [0.1, 0.15) is 18.5 Å². The van der Waals surface area contributed by atoms with Gasteiger partial charge in [-0.15, -0.1) is 0 Å². The van der Waals surface area contributed by atoms with Gasteiger partial charge in [-0.25, -0.2) is 9.78 Å². The van der Waals surface area contributed by atoms with Crippen LogP contribution in [0.15, 0.2) is 12.5 Å². The molecule has 1 aliphatic heterocycles. The molecule has 0 aromatic carbocycles. The number of aliphatic hydroxyl groups excluding tert-OH is 1. The SMILES string of the molecule is O=C(O)[C@H](CO)NC(=O)[C@H](Cc1cnc[nH]1)NC(=O)[C@@H]1CCCN1. The van der Waals surface area contributed by atoms with Crippen molar-refractivity contribution in [1.29, 1.82) is 0 Å². The average molecular weight is 339 g/mol. The van der Waals surface area contributed by atoms with Crippen LogP contribution in [0.2, 0.25) is 0 Å². The Labute approximate surface area is 138 Å². The lowest BCUT2D eigenvalue weighted by Gasteiger charge is -2.22. The fraction of sp³-hybridized carbons (Fsp3) is 0.571. The van der Waals surface area contributed by atoms with Crippen LogP contribution in [0.4, 0.5) is 0 Å². The van der Waals surface area contributed by atoms with Crippen molar-refractivity contribution in [3.8, 4) is 0 Å². The topological polar surface area (TPSA) is 156 Å². The minimum atomic E-state index is -1.43. The molecule has 24 heavy (non-hydrogen) atoms. The van der Waals surface area contributed by atoms with E-state index in [0.29, 0.717) is 12.1 Å². The fourth-order valence-corrected chi connectivity index (χ4v) is 2.46. The summed E-state index contributed by atoms with van der Waals surface area (Å²) in [5.74, 6) is -2.35. The maximum Gasteiger partial charge on any atom is 0.328 e. The molecule has 2 amide bonds. The molecule has 6 N–H and O–H groups in total. The Balaban J connectivity index is 2.04. The van der Waals surface area contributed by atoms with Crippen LogP contribution in [0, 0.1) is 0 Å². The largest absolute Gasteiger partial charge is 0.480 e. The number of carboxylic acids is 1. The van der Waals surface area contributed by atoms with E-state index in [2.05, 4.69) is 25.9 Å². The maximum atomic E-state index is 12.3. The number of aliphatic hydroxyl groups is 1. The van der Waals surface area contributed by atoms with Crippen LogP contribution < -0.4 is 16.0 Å². The van der Waals surface area contributed by atoms with Gasteiger partial charge in [-0.1, -0.05) is 0 Å². The zero-order valence-electron chi connectivity index (χ0n) is 13.0. The smallest absolute Gasteiger partial charge is 0.328 e. The van der Waals surface area contributed by atoms with Gasteiger partial charge in [0.15, 0.2) is 0 Å². The van der Waals surface area contributed by atoms with Gasteiger partial charge in [-0.2, -0.15) is 0 Å². The van der Waals surface area contributed by atoms with Crippen LogP contribution in [-0.4, -0.2) is 69.2 Å². The molecule has 0 radical (unpaired) electrons.